The Labute approximate surface area is 117 Å². The molecule has 0 spiro atoms. The highest BCUT2D eigenvalue weighted by Gasteiger charge is 2.33. The fourth-order valence-electron chi connectivity index (χ4n) is 2.27. The van der Waals surface area contributed by atoms with E-state index < -0.39 is 22.1 Å². The van der Waals surface area contributed by atoms with Crippen molar-refractivity contribution in [3.05, 3.63) is 18.0 Å². The maximum absolute atomic E-state index is 12.4. The lowest BCUT2D eigenvalue weighted by atomic mass is 10.3. The van der Waals surface area contributed by atoms with E-state index in [1.54, 1.807) is 13.8 Å². The second-order valence-electron chi connectivity index (χ2n) is 5.17. The molecular formula is C12H18N2O5S. The lowest BCUT2D eigenvalue weighted by molar-refractivity contribution is 0.0683. The zero-order valence-electron chi connectivity index (χ0n) is 11.4. The Kier molecular flexibility index (Phi) is 3.90. The molecular weight excluding hydrogens is 284 g/mol. The molecule has 2 rings (SSSR count). The number of sulfonamides is 1. The molecule has 112 valence electrons. The van der Waals surface area contributed by atoms with Crippen molar-refractivity contribution in [1.29, 1.82) is 0 Å². The smallest absolute Gasteiger partial charge is 0.352 e. The van der Waals surface area contributed by atoms with E-state index >= 15 is 0 Å². The summed E-state index contributed by atoms with van der Waals surface area (Å²) in [7, 11) is -3.75. The van der Waals surface area contributed by atoms with Gasteiger partial charge < -0.3 is 14.8 Å². The van der Waals surface area contributed by atoms with Crippen LogP contribution in [0.5, 0.6) is 0 Å². The van der Waals surface area contributed by atoms with Gasteiger partial charge >= 0.3 is 5.97 Å². The summed E-state index contributed by atoms with van der Waals surface area (Å²) >= 11 is 0. The number of carboxylic acid groups (broad SMARTS) is 1. The molecule has 0 amide bonds. The summed E-state index contributed by atoms with van der Waals surface area (Å²) < 4.78 is 27.4. The molecule has 1 fully saturated rings. The van der Waals surface area contributed by atoms with E-state index in [1.807, 2.05) is 0 Å². The van der Waals surface area contributed by atoms with Crippen LogP contribution in [0, 0.1) is 0 Å². The van der Waals surface area contributed by atoms with Crippen LogP contribution >= 0.6 is 0 Å². The molecule has 0 aliphatic carbocycles. The van der Waals surface area contributed by atoms with Gasteiger partial charge in [0.1, 0.15) is 10.6 Å². The van der Waals surface area contributed by atoms with Crippen LogP contribution < -0.4 is 0 Å². The van der Waals surface area contributed by atoms with Gasteiger partial charge in [-0.25, -0.2) is 13.2 Å². The minimum absolute atomic E-state index is 0.0438. The molecule has 0 saturated carbocycles. The molecule has 0 unspecified atom stereocenters. The highest BCUT2D eigenvalue weighted by molar-refractivity contribution is 7.89. The number of aromatic nitrogens is 1. The first kappa shape index (κ1) is 15.0. The molecule has 0 aromatic carbocycles. The molecule has 0 bridgehead atoms. The lowest BCUT2D eigenvalue weighted by Gasteiger charge is -2.14. The lowest BCUT2D eigenvalue weighted by Crippen LogP contribution is -2.29. The van der Waals surface area contributed by atoms with Gasteiger partial charge in [0.05, 0.1) is 6.10 Å². The van der Waals surface area contributed by atoms with Crippen LogP contribution in [0.4, 0.5) is 0 Å². The molecule has 20 heavy (non-hydrogen) atoms. The Morgan fingerprint density at radius 1 is 1.45 bits per heavy atom. The Balaban J connectivity index is 2.42. The predicted octanol–water partition coefficient (Wildman–Crippen LogP) is 0.522. The van der Waals surface area contributed by atoms with E-state index in [0.717, 1.165) is 0 Å². The van der Waals surface area contributed by atoms with E-state index in [0.29, 0.717) is 6.42 Å². The summed E-state index contributed by atoms with van der Waals surface area (Å²) in [4.78, 5) is 11.1. The fraction of sp³-hybridized carbons (Fsp3) is 0.583. The van der Waals surface area contributed by atoms with Gasteiger partial charge in [-0.2, -0.15) is 4.31 Å². The molecule has 8 heteroatoms. The van der Waals surface area contributed by atoms with Crippen LogP contribution in [0.3, 0.4) is 0 Å². The first-order valence-corrected chi connectivity index (χ1v) is 7.81. The zero-order chi connectivity index (χ0) is 15.1. The van der Waals surface area contributed by atoms with E-state index in [1.165, 1.54) is 21.1 Å². The molecule has 1 aromatic rings. The summed E-state index contributed by atoms with van der Waals surface area (Å²) in [6, 6.07) is 1.01. The van der Waals surface area contributed by atoms with Crippen molar-refractivity contribution in [2.24, 2.45) is 0 Å². The van der Waals surface area contributed by atoms with Crippen molar-refractivity contribution < 1.29 is 23.4 Å². The van der Waals surface area contributed by atoms with Gasteiger partial charge in [-0.1, -0.05) is 0 Å². The minimum atomic E-state index is -3.75. The van der Waals surface area contributed by atoms with Crippen molar-refractivity contribution in [2.75, 3.05) is 13.1 Å². The van der Waals surface area contributed by atoms with Gasteiger partial charge in [-0.05, 0) is 26.3 Å². The second kappa shape index (κ2) is 5.19. The van der Waals surface area contributed by atoms with Gasteiger partial charge in [0.2, 0.25) is 10.0 Å². The third kappa shape index (κ3) is 2.58. The van der Waals surface area contributed by atoms with E-state index in [4.69, 9.17) is 5.11 Å². The number of carboxylic acids is 1. The highest BCUT2D eigenvalue weighted by Crippen LogP contribution is 2.25. The fourth-order valence-corrected chi connectivity index (χ4v) is 3.79. The Bertz CT molecular complexity index is 620. The number of aromatic carboxylic acids is 1. The number of hydrogen-bond donors (Lipinski definition) is 2. The number of aliphatic hydroxyl groups is 1. The summed E-state index contributed by atoms with van der Waals surface area (Å²) in [5.41, 5.74) is -0.0571. The van der Waals surface area contributed by atoms with Crippen LogP contribution in [-0.4, -0.2) is 52.7 Å². The normalized spacial score (nSPS) is 20.7. The Morgan fingerprint density at radius 3 is 2.50 bits per heavy atom. The summed E-state index contributed by atoms with van der Waals surface area (Å²) in [5.74, 6) is -1.17. The largest absolute Gasteiger partial charge is 0.477 e. The van der Waals surface area contributed by atoms with E-state index in [-0.39, 0.29) is 29.7 Å². The average molecular weight is 302 g/mol. The van der Waals surface area contributed by atoms with E-state index in [2.05, 4.69) is 0 Å². The molecule has 1 aliphatic heterocycles. The summed E-state index contributed by atoms with van der Waals surface area (Å²) in [5, 5.41) is 18.6. The minimum Gasteiger partial charge on any atom is -0.477 e. The van der Waals surface area contributed by atoms with Crippen LogP contribution in [0.15, 0.2) is 17.2 Å². The third-order valence-electron chi connectivity index (χ3n) is 3.36. The monoisotopic (exact) mass is 302 g/mol. The van der Waals surface area contributed by atoms with Crippen molar-refractivity contribution >= 4 is 16.0 Å². The number of β-amino-alcohol motifs (C(OH)–C–C–N with tert-alkyl or cyclic N) is 1. The van der Waals surface area contributed by atoms with Gasteiger partial charge in [0.25, 0.3) is 0 Å². The van der Waals surface area contributed by atoms with Crippen LogP contribution in [0.25, 0.3) is 0 Å². The summed E-state index contributed by atoms with van der Waals surface area (Å²) in [6.45, 7) is 3.86. The van der Waals surface area contributed by atoms with Gasteiger partial charge in [-0.15, -0.1) is 0 Å². The average Bonchev–Trinajstić information content (AvgIpc) is 2.94. The number of hydrogen-bond acceptors (Lipinski definition) is 4. The molecule has 1 aromatic heterocycles. The van der Waals surface area contributed by atoms with Crippen LogP contribution in [-0.2, 0) is 10.0 Å². The molecule has 2 heterocycles. The number of aliphatic hydroxyl groups excluding tert-OH is 1. The molecule has 1 saturated heterocycles. The predicted molar refractivity (Wildman–Crippen MR) is 71.2 cm³/mol. The van der Waals surface area contributed by atoms with Crippen LogP contribution in [0.2, 0.25) is 0 Å². The van der Waals surface area contributed by atoms with Gasteiger partial charge in [-0.3, -0.25) is 0 Å². The molecule has 1 atom stereocenters. The molecule has 7 nitrogen and oxygen atoms in total. The first-order chi connectivity index (χ1) is 9.23. The molecule has 2 N–H and O–H groups in total. The highest BCUT2D eigenvalue weighted by atomic mass is 32.2. The third-order valence-corrected chi connectivity index (χ3v) is 5.19. The Hall–Kier alpha value is -1.38. The Morgan fingerprint density at radius 2 is 2.10 bits per heavy atom. The van der Waals surface area contributed by atoms with Crippen molar-refractivity contribution in [2.45, 2.75) is 37.3 Å². The number of rotatable bonds is 4. The SMILES string of the molecule is CC(C)n1cc(S(=O)(=O)N2CC[C@@H](O)C2)cc1C(=O)O. The maximum atomic E-state index is 12.4. The molecule has 1 aliphatic rings. The zero-order valence-corrected chi connectivity index (χ0v) is 12.2. The standard InChI is InChI=1S/C12H18N2O5S/c1-8(2)14-7-10(5-11(14)12(16)17)20(18,19)13-4-3-9(15)6-13/h5,7-9,15H,3-4,6H2,1-2H3,(H,16,17)/t9-/m1/s1. The number of nitrogens with zero attached hydrogens (tertiary/aromatic N) is 2. The van der Waals surface area contributed by atoms with Gasteiger partial charge in [0.15, 0.2) is 0 Å². The van der Waals surface area contributed by atoms with Crippen LogP contribution in [0.1, 0.15) is 36.8 Å². The maximum Gasteiger partial charge on any atom is 0.352 e. The number of carbonyl (C=O) groups is 1. The summed E-state index contributed by atoms with van der Waals surface area (Å²) in [6.07, 6.45) is 1.08. The van der Waals surface area contributed by atoms with Gasteiger partial charge in [0, 0.05) is 25.3 Å². The first-order valence-electron chi connectivity index (χ1n) is 6.37. The van der Waals surface area contributed by atoms with Crippen molar-refractivity contribution in [1.82, 2.24) is 8.87 Å². The van der Waals surface area contributed by atoms with E-state index in [9.17, 15) is 18.3 Å². The second-order valence-corrected chi connectivity index (χ2v) is 7.11. The molecule has 0 radical (unpaired) electrons. The van der Waals surface area contributed by atoms with Crippen molar-refractivity contribution in [3.8, 4) is 0 Å². The van der Waals surface area contributed by atoms with Crippen molar-refractivity contribution in [3.63, 3.8) is 0 Å². The topological polar surface area (TPSA) is 99.8 Å². The quantitative estimate of drug-likeness (QED) is 0.844.